The number of benzene rings is 2. The highest BCUT2D eigenvalue weighted by Crippen LogP contribution is 2.41. The minimum atomic E-state index is -3.39. The third-order valence-electron chi connectivity index (χ3n) is 4.04. The third kappa shape index (κ3) is 4.96. The van der Waals surface area contributed by atoms with Gasteiger partial charge in [0.15, 0.2) is 0 Å². The van der Waals surface area contributed by atoms with Crippen molar-refractivity contribution in [3.63, 3.8) is 0 Å². The van der Waals surface area contributed by atoms with E-state index < -0.39 is 10.0 Å². The Hall–Kier alpha value is -2.05. The van der Waals surface area contributed by atoms with Crippen LogP contribution in [-0.4, -0.2) is 20.6 Å². The van der Waals surface area contributed by atoms with Crippen LogP contribution in [0.3, 0.4) is 0 Å². The van der Waals surface area contributed by atoms with Gasteiger partial charge in [-0.3, -0.25) is 9.52 Å². The summed E-state index contributed by atoms with van der Waals surface area (Å²) in [6.45, 7) is 0. The fraction of sp³-hybridized carbons (Fsp3) is 0.278. The van der Waals surface area contributed by atoms with Crippen LogP contribution in [0.4, 0.5) is 5.69 Å². The number of carbonyl (C=O) groups is 1. The Morgan fingerprint density at radius 2 is 1.84 bits per heavy atom. The number of carbonyl (C=O) groups excluding carboxylic acids is 1. The number of nitrogens with one attached hydrogen (secondary N) is 2. The number of hydrogen-bond acceptors (Lipinski definition) is 3. The summed E-state index contributed by atoms with van der Waals surface area (Å²) >= 11 is 5.94. The van der Waals surface area contributed by atoms with Gasteiger partial charge in [-0.05, 0) is 54.7 Å². The van der Waals surface area contributed by atoms with E-state index in [0.29, 0.717) is 22.2 Å². The summed E-state index contributed by atoms with van der Waals surface area (Å²) < 4.78 is 25.1. The molecule has 1 unspecified atom stereocenters. The minimum absolute atomic E-state index is 0.0729. The number of halogens is 1. The van der Waals surface area contributed by atoms with Gasteiger partial charge in [0.05, 0.1) is 12.3 Å². The van der Waals surface area contributed by atoms with E-state index in [4.69, 9.17) is 11.6 Å². The van der Waals surface area contributed by atoms with Crippen molar-refractivity contribution >= 4 is 33.2 Å². The topological polar surface area (TPSA) is 75.3 Å². The molecule has 2 aromatic rings. The summed E-state index contributed by atoms with van der Waals surface area (Å²) in [5, 5.41) is 3.72. The van der Waals surface area contributed by atoms with E-state index >= 15 is 0 Å². The molecule has 1 saturated carbocycles. The lowest BCUT2D eigenvalue weighted by Crippen LogP contribution is -2.30. The SMILES string of the molecule is CS(=O)(=O)Nc1cccc(C(=O)NC(c2ccc(Cl)cc2)C2CC2)c1. The second-order valence-corrected chi connectivity index (χ2v) is 8.48. The molecule has 0 bridgehead atoms. The van der Waals surface area contributed by atoms with Crippen LogP contribution in [0.2, 0.25) is 5.02 Å². The van der Waals surface area contributed by atoms with E-state index in [1.807, 2.05) is 24.3 Å². The molecule has 0 heterocycles. The largest absolute Gasteiger partial charge is 0.345 e. The second kappa shape index (κ2) is 7.06. The Labute approximate surface area is 152 Å². The first-order valence-electron chi connectivity index (χ1n) is 7.96. The molecule has 1 amide bonds. The van der Waals surface area contributed by atoms with Gasteiger partial charge in [0, 0.05) is 16.3 Å². The normalized spacial score (nSPS) is 15.4. The Morgan fingerprint density at radius 3 is 2.44 bits per heavy atom. The van der Waals surface area contributed by atoms with Crippen molar-refractivity contribution in [3.8, 4) is 0 Å². The van der Waals surface area contributed by atoms with E-state index in [9.17, 15) is 13.2 Å². The maximum atomic E-state index is 12.6. The first-order chi connectivity index (χ1) is 11.8. The van der Waals surface area contributed by atoms with Gasteiger partial charge in [0.1, 0.15) is 0 Å². The van der Waals surface area contributed by atoms with E-state index in [-0.39, 0.29) is 11.9 Å². The first-order valence-corrected chi connectivity index (χ1v) is 10.2. The average molecular weight is 379 g/mol. The summed E-state index contributed by atoms with van der Waals surface area (Å²) in [5.74, 6) is 0.187. The number of rotatable bonds is 6. The number of anilines is 1. The Balaban J connectivity index is 1.78. The van der Waals surface area contributed by atoms with Crippen molar-refractivity contribution in [3.05, 3.63) is 64.7 Å². The molecule has 0 radical (unpaired) electrons. The summed E-state index contributed by atoms with van der Waals surface area (Å²) in [7, 11) is -3.39. The second-order valence-electron chi connectivity index (χ2n) is 6.30. The molecule has 0 aromatic heterocycles. The van der Waals surface area contributed by atoms with Gasteiger partial charge >= 0.3 is 0 Å². The quantitative estimate of drug-likeness (QED) is 0.806. The zero-order valence-corrected chi connectivity index (χ0v) is 15.3. The van der Waals surface area contributed by atoms with Gasteiger partial charge in [-0.2, -0.15) is 0 Å². The first kappa shape index (κ1) is 17.8. The van der Waals surface area contributed by atoms with Crippen LogP contribution in [0.1, 0.15) is 34.8 Å². The lowest BCUT2D eigenvalue weighted by Gasteiger charge is -2.19. The Morgan fingerprint density at radius 1 is 1.16 bits per heavy atom. The molecular weight excluding hydrogens is 360 g/mol. The monoisotopic (exact) mass is 378 g/mol. The molecule has 7 heteroatoms. The third-order valence-corrected chi connectivity index (χ3v) is 4.90. The van der Waals surface area contributed by atoms with Gasteiger partial charge in [-0.1, -0.05) is 29.8 Å². The molecule has 2 aromatic carbocycles. The standard InChI is InChI=1S/C18H19ClN2O3S/c1-25(23,24)21-16-4-2-3-14(11-16)18(22)20-17(12-5-6-12)13-7-9-15(19)10-8-13/h2-4,7-12,17,21H,5-6H2,1H3,(H,20,22). The molecule has 0 spiro atoms. The van der Waals surface area contributed by atoms with Crippen LogP contribution in [0.25, 0.3) is 0 Å². The smallest absolute Gasteiger partial charge is 0.251 e. The van der Waals surface area contributed by atoms with Gasteiger partial charge in [0.2, 0.25) is 10.0 Å². The summed E-state index contributed by atoms with van der Waals surface area (Å²) in [6, 6.07) is 13.9. The zero-order valence-electron chi connectivity index (χ0n) is 13.7. The predicted octanol–water partition coefficient (Wildman–Crippen LogP) is 3.59. The van der Waals surface area contributed by atoms with Crippen LogP contribution >= 0.6 is 11.6 Å². The zero-order chi connectivity index (χ0) is 18.0. The Kier molecular flexibility index (Phi) is 5.01. The molecule has 3 rings (SSSR count). The molecular formula is C18H19ClN2O3S. The minimum Gasteiger partial charge on any atom is -0.345 e. The van der Waals surface area contributed by atoms with E-state index in [1.165, 1.54) is 6.07 Å². The predicted molar refractivity (Wildman–Crippen MR) is 99.3 cm³/mol. The highest BCUT2D eigenvalue weighted by Gasteiger charge is 2.33. The fourth-order valence-electron chi connectivity index (χ4n) is 2.74. The maximum absolute atomic E-state index is 12.6. The van der Waals surface area contributed by atoms with E-state index in [1.54, 1.807) is 18.2 Å². The lowest BCUT2D eigenvalue weighted by molar-refractivity contribution is 0.0931. The van der Waals surface area contributed by atoms with Gasteiger partial charge < -0.3 is 5.32 Å². The molecule has 5 nitrogen and oxygen atoms in total. The van der Waals surface area contributed by atoms with Crippen molar-refractivity contribution in [1.29, 1.82) is 0 Å². The van der Waals surface area contributed by atoms with Gasteiger partial charge in [-0.15, -0.1) is 0 Å². The molecule has 1 fully saturated rings. The van der Waals surface area contributed by atoms with Crippen molar-refractivity contribution in [2.75, 3.05) is 11.0 Å². The van der Waals surface area contributed by atoms with Crippen LogP contribution in [0.15, 0.2) is 48.5 Å². The highest BCUT2D eigenvalue weighted by atomic mass is 35.5. The molecule has 132 valence electrons. The summed E-state index contributed by atoms with van der Waals surface area (Å²) in [4.78, 5) is 12.6. The van der Waals surface area contributed by atoms with Crippen LogP contribution < -0.4 is 10.0 Å². The molecule has 1 aliphatic carbocycles. The maximum Gasteiger partial charge on any atom is 0.251 e. The van der Waals surface area contributed by atoms with Gasteiger partial charge in [0.25, 0.3) is 5.91 Å². The molecule has 1 aliphatic rings. The van der Waals surface area contributed by atoms with Crippen LogP contribution in [0.5, 0.6) is 0 Å². The molecule has 0 saturated heterocycles. The van der Waals surface area contributed by atoms with Crippen LogP contribution in [-0.2, 0) is 10.0 Å². The molecule has 0 aliphatic heterocycles. The number of hydrogen-bond donors (Lipinski definition) is 2. The molecule has 1 atom stereocenters. The van der Waals surface area contributed by atoms with Crippen molar-refractivity contribution < 1.29 is 13.2 Å². The van der Waals surface area contributed by atoms with Crippen LogP contribution in [0, 0.1) is 5.92 Å². The number of sulfonamides is 1. The fourth-order valence-corrected chi connectivity index (χ4v) is 3.42. The van der Waals surface area contributed by atoms with Crippen molar-refractivity contribution in [2.24, 2.45) is 5.92 Å². The van der Waals surface area contributed by atoms with Crippen molar-refractivity contribution in [2.45, 2.75) is 18.9 Å². The van der Waals surface area contributed by atoms with E-state index in [2.05, 4.69) is 10.0 Å². The summed E-state index contributed by atoms with van der Waals surface area (Å²) in [5.41, 5.74) is 1.79. The summed E-state index contributed by atoms with van der Waals surface area (Å²) in [6.07, 6.45) is 3.22. The lowest BCUT2D eigenvalue weighted by atomic mass is 10.0. The highest BCUT2D eigenvalue weighted by molar-refractivity contribution is 7.92. The average Bonchev–Trinajstić information content (AvgIpc) is 3.37. The molecule has 25 heavy (non-hydrogen) atoms. The van der Waals surface area contributed by atoms with E-state index in [0.717, 1.165) is 24.7 Å². The van der Waals surface area contributed by atoms with Crippen molar-refractivity contribution in [1.82, 2.24) is 5.32 Å². The molecule has 2 N–H and O–H groups in total. The Bertz CT molecular complexity index is 877. The van der Waals surface area contributed by atoms with Gasteiger partial charge in [-0.25, -0.2) is 8.42 Å². The number of amides is 1.